The van der Waals surface area contributed by atoms with Crippen LogP contribution in [-0.2, 0) is 9.53 Å². The number of hydrogen-bond acceptors (Lipinski definition) is 7. The summed E-state index contributed by atoms with van der Waals surface area (Å²) in [6, 6.07) is 11.5. The number of nitrogens with zero attached hydrogens (tertiary/aromatic N) is 2. The third-order valence-corrected chi connectivity index (χ3v) is 7.18. The molecule has 170 valence electrons. The molecule has 0 aliphatic rings. The van der Waals surface area contributed by atoms with Gasteiger partial charge in [0.05, 0.1) is 38.2 Å². The van der Waals surface area contributed by atoms with E-state index in [1.165, 1.54) is 28.7 Å². The van der Waals surface area contributed by atoms with Crippen LogP contribution >= 0.6 is 23.1 Å². The number of ether oxygens (including phenoxy) is 1. The van der Waals surface area contributed by atoms with Crippen LogP contribution in [0, 0.1) is 20.8 Å². The molecule has 0 fully saturated rings. The van der Waals surface area contributed by atoms with Crippen LogP contribution in [0.1, 0.15) is 40.9 Å². The summed E-state index contributed by atoms with van der Waals surface area (Å²) < 4.78 is 5.87. The minimum absolute atomic E-state index is 0.148. The van der Waals surface area contributed by atoms with Gasteiger partial charge >= 0.3 is 5.97 Å². The number of carbonyl (C=O) groups excluding carboxylic acids is 2. The smallest absolute Gasteiger partial charge is 0.338 e. The Labute approximate surface area is 200 Å². The Morgan fingerprint density at radius 3 is 2.64 bits per heavy atom. The Kier molecular flexibility index (Phi) is 6.67. The second-order valence-electron chi connectivity index (χ2n) is 7.93. The van der Waals surface area contributed by atoms with Crippen molar-refractivity contribution in [1.82, 2.24) is 9.97 Å². The maximum Gasteiger partial charge on any atom is 0.338 e. The number of thioether (sulfide) groups is 1. The second-order valence-corrected chi connectivity index (χ2v) is 10.3. The number of anilines is 1. The number of fused-ring (bicyclic) bond motifs is 2. The van der Waals surface area contributed by atoms with Crippen molar-refractivity contribution in [3.8, 4) is 0 Å². The number of nitrogens with one attached hydrogen (secondary N) is 1. The van der Waals surface area contributed by atoms with Gasteiger partial charge in [-0.3, -0.25) is 4.79 Å². The summed E-state index contributed by atoms with van der Waals surface area (Å²) in [5, 5.41) is 5.00. The van der Waals surface area contributed by atoms with Crippen LogP contribution in [0.5, 0.6) is 0 Å². The van der Waals surface area contributed by atoms with Crippen LogP contribution in [0.4, 0.5) is 5.13 Å². The summed E-state index contributed by atoms with van der Waals surface area (Å²) in [6.07, 6.45) is 0. The number of carbonyl (C=O) groups is 2. The molecule has 8 heteroatoms. The maximum atomic E-state index is 12.8. The average molecular weight is 480 g/mol. The lowest BCUT2D eigenvalue weighted by Gasteiger charge is -2.13. The highest BCUT2D eigenvalue weighted by molar-refractivity contribution is 8.00. The van der Waals surface area contributed by atoms with Gasteiger partial charge in [-0.2, -0.15) is 0 Å². The molecule has 1 atom stereocenters. The Morgan fingerprint density at radius 1 is 1.09 bits per heavy atom. The molecule has 0 aliphatic heterocycles. The molecule has 2 heterocycles. The molecule has 0 aliphatic carbocycles. The summed E-state index contributed by atoms with van der Waals surface area (Å²) in [4.78, 5) is 34.1. The number of rotatable bonds is 6. The van der Waals surface area contributed by atoms with Crippen LogP contribution in [0.15, 0.2) is 41.4 Å². The number of pyridine rings is 1. The summed E-state index contributed by atoms with van der Waals surface area (Å²) in [5.41, 5.74) is 5.65. The fourth-order valence-electron chi connectivity index (χ4n) is 3.64. The van der Waals surface area contributed by atoms with E-state index in [9.17, 15) is 9.59 Å². The molecule has 33 heavy (non-hydrogen) atoms. The van der Waals surface area contributed by atoms with Gasteiger partial charge in [0.1, 0.15) is 0 Å². The van der Waals surface area contributed by atoms with Crippen molar-refractivity contribution < 1.29 is 14.3 Å². The molecule has 1 unspecified atom stereocenters. The lowest BCUT2D eigenvalue weighted by Crippen LogP contribution is -2.22. The number of aromatic nitrogens is 2. The van der Waals surface area contributed by atoms with E-state index in [0.29, 0.717) is 17.3 Å². The first kappa shape index (κ1) is 23.2. The number of amides is 1. The number of thiazole rings is 1. The van der Waals surface area contributed by atoms with Gasteiger partial charge in [0, 0.05) is 5.39 Å². The molecule has 6 nitrogen and oxygen atoms in total. The number of hydrogen-bond donors (Lipinski definition) is 1. The van der Waals surface area contributed by atoms with E-state index in [1.807, 2.05) is 13.0 Å². The van der Waals surface area contributed by atoms with Crippen LogP contribution in [0.25, 0.3) is 21.1 Å². The van der Waals surface area contributed by atoms with E-state index in [-0.39, 0.29) is 17.1 Å². The van der Waals surface area contributed by atoms with Crippen LogP contribution in [-0.4, -0.2) is 33.7 Å². The SMILES string of the molecule is CCOC(=O)c1ccc2nc(NC(=O)C(C)Sc3cc(C)c4cc(C)cc(C)c4n3)sc2c1. The van der Waals surface area contributed by atoms with E-state index >= 15 is 0 Å². The van der Waals surface area contributed by atoms with Crippen LogP contribution in [0.3, 0.4) is 0 Å². The zero-order valence-corrected chi connectivity index (χ0v) is 20.8. The largest absolute Gasteiger partial charge is 0.462 e. The summed E-state index contributed by atoms with van der Waals surface area (Å²) in [7, 11) is 0. The van der Waals surface area contributed by atoms with E-state index in [1.54, 1.807) is 25.1 Å². The fraction of sp³-hybridized carbons (Fsp3) is 0.280. The molecule has 0 saturated carbocycles. The molecule has 4 rings (SSSR count). The van der Waals surface area contributed by atoms with Crippen molar-refractivity contribution in [1.29, 1.82) is 0 Å². The predicted molar refractivity (Wildman–Crippen MR) is 135 cm³/mol. The topological polar surface area (TPSA) is 81.2 Å². The molecule has 1 N–H and O–H groups in total. The van der Waals surface area contributed by atoms with E-state index < -0.39 is 0 Å². The zero-order valence-electron chi connectivity index (χ0n) is 19.2. The van der Waals surface area contributed by atoms with Gasteiger partial charge in [-0.15, -0.1) is 0 Å². The first-order valence-corrected chi connectivity index (χ1v) is 12.4. The van der Waals surface area contributed by atoms with Crippen LogP contribution < -0.4 is 5.32 Å². The molecule has 0 bridgehead atoms. The van der Waals surface area contributed by atoms with E-state index in [2.05, 4.69) is 43.2 Å². The lowest BCUT2D eigenvalue weighted by atomic mass is 10.0. The van der Waals surface area contributed by atoms with Gasteiger partial charge in [0.15, 0.2) is 5.13 Å². The van der Waals surface area contributed by atoms with Crippen molar-refractivity contribution in [3.05, 3.63) is 58.7 Å². The highest BCUT2D eigenvalue weighted by atomic mass is 32.2. The number of aryl methyl sites for hydroxylation is 3. The first-order chi connectivity index (χ1) is 15.7. The lowest BCUT2D eigenvalue weighted by molar-refractivity contribution is -0.115. The monoisotopic (exact) mass is 479 g/mol. The summed E-state index contributed by atoms with van der Waals surface area (Å²) in [6.45, 7) is 10.2. The Hall–Kier alpha value is -2.97. The normalized spacial score (nSPS) is 12.2. The highest BCUT2D eigenvalue weighted by Crippen LogP contribution is 2.31. The Balaban J connectivity index is 1.49. The molecular formula is C25H25N3O3S2. The molecule has 0 radical (unpaired) electrons. The zero-order chi connectivity index (χ0) is 23.7. The van der Waals surface area contributed by atoms with Gasteiger partial charge in [0.25, 0.3) is 0 Å². The fourth-order valence-corrected chi connectivity index (χ4v) is 5.46. The quantitative estimate of drug-likeness (QED) is 0.267. The minimum atomic E-state index is -0.369. The second kappa shape index (κ2) is 9.49. The highest BCUT2D eigenvalue weighted by Gasteiger charge is 2.19. The third kappa shape index (κ3) is 5.02. The third-order valence-electron chi connectivity index (χ3n) is 5.23. The van der Waals surface area contributed by atoms with Gasteiger partial charge in [0.2, 0.25) is 5.91 Å². The average Bonchev–Trinajstić information content (AvgIpc) is 3.16. The van der Waals surface area contributed by atoms with Crippen molar-refractivity contribution in [3.63, 3.8) is 0 Å². The minimum Gasteiger partial charge on any atom is -0.462 e. The molecule has 0 spiro atoms. The number of esters is 1. The van der Waals surface area contributed by atoms with Crippen molar-refractivity contribution in [2.24, 2.45) is 0 Å². The number of benzene rings is 2. The van der Waals surface area contributed by atoms with E-state index in [4.69, 9.17) is 9.72 Å². The van der Waals surface area contributed by atoms with Gasteiger partial charge < -0.3 is 10.1 Å². The molecule has 0 saturated heterocycles. The first-order valence-electron chi connectivity index (χ1n) is 10.7. The van der Waals surface area contributed by atoms with Crippen molar-refractivity contribution in [2.75, 3.05) is 11.9 Å². The van der Waals surface area contributed by atoms with Crippen molar-refractivity contribution >= 4 is 61.2 Å². The van der Waals surface area contributed by atoms with Gasteiger partial charge in [-0.25, -0.2) is 14.8 Å². The van der Waals surface area contributed by atoms with Gasteiger partial charge in [-0.05, 0) is 76.1 Å². The van der Waals surface area contributed by atoms with Gasteiger partial charge in [-0.1, -0.05) is 34.7 Å². The van der Waals surface area contributed by atoms with Crippen molar-refractivity contribution in [2.45, 2.75) is 44.9 Å². The van der Waals surface area contributed by atoms with E-state index in [0.717, 1.165) is 37.3 Å². The molecular weight excluding hydrogens is 454 g/mol. The van der Waals surface area contributed by atoms with Crippen LogP contribution in [0.2, 0.25) is 0 Å². The summed E-state index contributed by atoms with van der Waals surface area (Å²) in [5.74, 6) is -0.517. The molecule has 2 aromatic carbocycles. The standard InChI is InChI=1S/C25H25N3O3S2/c1-6-31-24(30)17-7-8-19-20(12-17)33-25(26-19)28-23(29)16(5)32-21-11-14(3)18-10-13(2)9-15(4)22(18)27-21/h7-12,16H,6H2,1-5H3,(H,26,28,29). The molecule has 2 aromatic heterocycles. The Morgan fingerprint density at radius 2 is 1.88 bits per heavy atom. The molecule has 4 aromatic rings. The predicted octanol–water partition coefficient (Wildman–Crippen LogP) is 6.07. The molecule has 1 amide bonds. The summed E-state index contributed by atoms with van der Waals surface area (Å²) >= 11 is 2.75. The maximum absolute atomic E-state index is 12.8. The Bertz CT molecular complexity index is 1380.